The summed E-state index contributed by atoms with van der Waals surface area (Å²) in [6.45, 7) is 14.9. The van der Waals surface area contributed by atoms with Gasteiger partial charge in [0.15, 0.2) is 5.75 Å². The fourth-order valence-electron chi connectivity index (χ4n) is 4.91. The minimum atomic E-state index is -4.24. The van der Waals surface area contributed by atoms with Crippen molar-refractivity contribution >= 4 is 21.9 Å². The van der Waals surface area contributed by atoms with Gasteiger partial charge in [-0.1, -0.05) is 45.0 Å². The first-order valence-electron chi connectivity index (χ1n) is 15.8. The average Bonchev–Trinajstić information content (AvgIpc) is 3.00. The molecule has 0 saturated heterocycles. The van der Waals surface area contributed by atoms with Gasteiger partial charge in [-0.05, 0) is 75.3 Å². The van der Waals surface area contributed by atoms with E-state index in [9.17, 15) is 18.3 Å². The summed E-state index contributed by atoms with van der Waals surface area (Å²) in [4.78, 5) is 29.0. The third kappa shape index (κ3) is 10.4. The largest absolute Gasteiger partial charge is 0.488 e. The molecule has 0 bridgehead atoms. The SMILES string of the molecule is Cc1cccc(C)c1-c1cc(OC[C@@H](CCC(C)(C)C)NCc2ncc(OC(C)C)cn2)nc(NS(=O)(=O)c2cccc(C(=O)O)c2)n1. The fraction of sp³-hybridized carbons (Fsp3) is 0.400. The van der Waals surface area contributed by atoms with Crippen LogP contribution in [0.3, 0.4) is 0 Å². The van der Waals surface area contributed by atoms with E-state index in [4.69, 9.17) is 9.47 Å². The van der Waals surface area contributed by atoms with Crippen LogP contribution in [0.1, 0.15) is 74.8 Å². The molecule has 4 rings (SSSR count). The highest BCUT2D eigenvalue weighted by atomic mass is 32.2. The maximum atomic E-state index is 13.4. The van der Waals surface area contributed by atoms with Crippen molar-refractivity contribution in [3.8, 4) is 22.9 Å². The van der Waals surface area contributed by atoms with Crippen LogP contribution in [0, 0.1) is 19.3 Å². The first-order chi connectivity index (χ1) is 22.6. The van der Waals surface area contributed by atoms with Crippen molar-refractivity contribution < 1.29 is 27.8 Å². The molecule has 2 aromatic heterocycles. The Morgan fingerprint density at radius 3 is 2.27 bits per heavy atom. The standard InChI is InChI=1S/C35H44N6O6S/c1-22(2)47-27-18-37-30(38-19-27)20-36-26(14-15-35(5,6)7)21-46-31-17-29(32-23(3)10-8-11-24(32)4)39-34(40-31)41-48(44,45)28-13-9-12-25(16-28)33(42)43/h8-13,16-19,22,26,36H,14-15,20-21H2,1-7H3,(H,42,43)(H,39,40,41)/t26-/m1/s1. The van der Waals surface area contributed by atoms with Crippen LogP contribution in [-0.4, -0.2) is 58.2 Å². The first kappa shape index (κ1) is 36.2. The van der Waals surface area contributed by atoms with Crippen molar-refractivity contribution in [3.63, 3.8) is 0 Å². The molecule has 0 unspecified atom stereocenters. The third-order valence-electron chi connectivity index (χ3n) is 7.33. The quantitative estimate of drug-likeness (QED) is 0.131. The molecule has 0 spiro atoms. The molecule has 12 nitrogen and oxygen atoms in total. The number of carbonyl (C=O) groups is 1. The Hall–Kier alpha value is -4.62. The van der Waals surface area contributed by atoms with Crippen molar-refractivity contribution in [2.75, 3.05) is 11.3 Å². The first-order valence-corrected chi connectivity index (χ1v) is 17.2. The average molecular weight is 677 g/mol. The van der Waals surface area contributed by atoms with Gasteiger partial charge in [0.1, 0.15) is 12.4 Å². The summed E-state index contributed by atoms with van der Waals surface area (Å²) in [5.74, 6) is -0.0640. The third-order valence-corrected chi connectivity index (χ3v) is 8.66. The summed E-state index contributed by atoms with van der Waals surface area (Å²) in [6, 6.07) is 12.5. The minimum absolute atomic E-state index is 0.0208. The number of anilines is 1. The van der Waals surface area contributed by atoms with E-state index in [2.05, 4.69) is 50.7 Å². The number of carboxylic acid groups (broad SMARTS) is 1. The van der Waals surface area contributed by atoms with Crippen molar-refractivity contribution in [1.29, 1.82) is 0 Å². The number of carboxylic acids is 1. The highest BCUT2D eigenvalue weighted by Gasteiger charge is 2.21. The smallest absolute Gasteiger partial charge is 0.335 e. The van der Waals surface area contributed by atoms with E-state index in [0.29, 0.717) is 23.8 Å². The van der Waals surface area contributed by atoms with Crippen LogP contribution >= 0.6 is 0 Å². The monoisotopic (exact) mass is 676 g/mol. The Morgan fingerprint density at radius 2 is 1.65 bits per heavy atom. The Bertz CT molecular complexity index is 1800. The number of sulfonamides is 1. The van der Waals surface area contributed by atoms with Gasteiger partial charge in [-0.3, -0.25) is 0 Å². The molecular formula is C35H44N6O6S. The van der Waals surface area contributed by atoms with E-state index in [1.54, 1.807) is 18.5 Å². The lowest BCUT2D eigenvalue weighted by Gasteiger charge is -2.24. The zero-order chi connectivity index (χ0) is 35.1. The maximum absolute atomic E-state index is 13.4. The number of nitrogens with one attached hydrogen (secondary N) is 2. The summed E-state index contributed by atoms with van der Waals surface area (Å²) in [7, 11) is -4.24. The topological polar surface area (TPSA) is 166 Å². The molecule has 4 aromatic rings. The van der Waals surface area contributed by atoms with Gasteiger partial charge in [0.05, 0.1) is 41.2 Å². The molecule has 0 fully saturated rings. The summed E-state index contributed by atoms with van der Waals surface area (Å²) in [5.41, 5.74) is 3.10. The summed E-state index contributed by atoms with van der Waals surface area (Å²) in [6.07, 6.45) is 5.02. The van der Waals surface area contributed by atoms with Crippen LogP contribution in [0.5, 0.6) is 11.6 Å². The molecule has 0 radical (unpaired) electrons. The number of nitrogens with zero attached hydrogens (tertiary/aromatic N) is 4. The van der Waals surface area contributed by atoms with Gasteiger partial charge in [-0.15, -0.1) is 0 Å². The Balaban J connectivity index is 1.61. The molecule has 2 heterocycles. The molecule has 3 N–H and O–H groups in total. The minimum Gasteiger partial charge on any atom is -0.488 e. The second kappa shape index (κ2) is 15.5. The molecule has 0 saturated carbocycles. The van der Waals surface area contributed by atoms with Crippen LogP contribution in [0.25, 0.3) is 11.3 Å². The van der Waals surface area contributed by atoms with Crippen LogP contribution in [0.2, 0.25) is 0 Å². The molecule has 0 aliphatic rings. The Labute approximate surface area is 282 Å². The van der Waals surface area contributed by atoms with Crippen molar-refractivity contribution in [2.45, 2.75) is 84.9 Å². The predicted molar refractivity (Wildman–Crippen MR) is 184 cm³/mol. The van der Waals surface area contributed by atoms with Crippen molar-refractivity contribution in [3.05, 3.63) is 83.4 Å². The number of hydrogen-bond acceptors (Lipinski definition) is 10. The predicted octanol–water partition coefficient (Wildman–Crippen LogP) is 6.20. The number of aromatic nitrogens is 4. The summed E-state index contributed by atoms with van der Waals surface area (Å²) >= 11 is 0. The fourth-order valence-corrected chi connectivity index (χ4v) is 5.90. The number of hydrogen-bond donors (Lipinski definition) is 3. The van der Waals surface area contributed by atoms with E-state index in [1.807, 2.05) is 45.9 Å². The highest BCUT2D eigenvalue weighted by molar-refractivity contribution is 7.92. The lowest BCUT2D eigenvalue weighted by molar-refractivity contribution is 0.0696. The van der Waals surface area contributed by atoms with Crippen molar-refractivity contribution in [2.24, 2.45) is 5.41 Å². The number of benzene rings is 2. The second-order valence-corrected chi connectivity index (χ2v) is 14.8. The second-order valence-electron chi connectivity index (χ2n) is 13.1. The molecule has 13 heteroatoms. The summed E-state index contributed by atoms with van der Waals surface area (Å²) < 4.78 is 41.0. The molecule has 0 amide bonds. The normalized spacial score (nSPS) is 12.5. The summed E-state index contributed by atoms with van der Waals surface area (Å²) in [5, 5.41) is 12.9. The van der Waals surface area contributed by atoms with Gasteiger partial charge < -0.3 is 19.9 Å². The van der Waals surface area contributed by atoms with Gasteiger partial charge in [-0.25, -0.2) is 32.9 Å². The lowest BCUT2D eigenvalue weighted by Crippen LogP contribution is -2.35. The Kier molecular flexibility index (Phi) is 11.7. The van der Waals surface area contributed by atoms with Gasteiger partial charge >= 0.3 is 5.97 Å². The molecule has 1 atom stereocenters. The number of aryl methyl sites for hydroxylation is 2. The molecule has 0 aliphatic heterocycles. The molecule has 2 aromatic carbocycles. The Morgan fingerprint density at radius 1 is 0.979 bits per heavy atom. The van der Waals surface area contributed by atoms with Gasteiger partial charge in [-0.2, -0.15) is 4.98 Å². The van der Waals surface area contributed by atoms with Crippen molar-refractivity contribution in [1.82, 2.24) is 25.3 Å². The van der Waals surface area contributed by atoms with E-state index >= 15 is 0 Å². The van der Waals surface area contributed by atoms with Crippen LogP contribution in [-0.2, 0) is 16.6 Å². The van der Waals surface area contributed by atoms with E-state index in [1.165, 1.54) is 18.2 Å². The van der Waals surface area contributed by atoms with Gasteiger partial charge in [0.2, 0.25) is 11.8 Å². The van der Waals surface area contributed by atoms with Crippen LogP contribution < -0.4 is 19.5 Å². The lowest BCUT2D eigenvalue weighted by atomic mass is 9.89. The molecule has 48 heavy (non-hydrogen) atoms. The number of rotatable bonds is 15. The zero-order valence-electron chi connectivity index (χ0n) is 28.4. The maximum Gasteiger partial charge on any atom is 0.335 e. The number of ether oxygens (including phenoxy) is 2. The van der Waals surface area contributed by atoms with E-state index < -0.39 is 16.0 Å². The van der Waals surface area contributed by atoms with Gasteiger partial charge in [0, 0.05) is 17.7 Å². The molecular weight excluding hydrogens is 632 g/mol. The molecule has 0 aliphatic carbocycles. The van der Waals surface area contributed by atoms with Crippen LogP contribution in [0.15, 0.2) is 65.8 Å². The highest BCUT2D eigenvalue weighted by Crippen LogP contribution is 2.30. The van der Waals surface area contributed by atoms with E-state index in [-0.39, 0.29) is 46.5 Å². The zero-order valence-corrected chi connectivity index (χ0v) is 29.3. The number of aromatic carboxylic acids is 1. The van der Waals surface area contributed by atoms with E-state index in [0.717, 1.165) is 35.6 Å². The van der Waals surface area contributed by atoms with Crippen LogP contribution in [0.4, 0.5) is 5.95 Å². The molecule has 256 valence electrons. The van der Waals surface area contributed by atoms with Gasteiger partial charge in [0.25, 0.3) is 10.0 Å².